The zero-order valence-electron chi connectivity index (χ0n) is 20.5. The Morgan fingerprint density at radius 3 is 2.57 bits per heavy atom. The zero-order chi connectivity index (χ0) is 26.2. The Morgan fingerprint density at radius 2 is 1.97 bits per heavy atom. The summed E-state index contributed by atoms with van der Waals surface area (Å²) < 4.78 is 10.5. The number of thiophene rings is 1. The third-order valence-corrected chi connectivity index (χ3v) is 6.19. The minimum absolute atomic E-state index is 0.113. The number of hydrogen-bond acceptors (Lipinski definition) is 9. The van der Waals surface area contributed by atoms with Crippen LogP contribution in [0.25, 0.3) is 0 Å². The molecule has 1 aromatic rings. The van der Waals surface area contributed by atoms with Gasteiger partial charge < -0.3 is 35.4 Å². The highest BCUT2D eigenvalue weighted by Crippen LogP contribution is 2.18. The Morgan fingerprint density at radius 1 is 1.26 bits per heavy atom. The highest BCUT2D eigenvalue weighted by atomic mass is 32.1. The molecule has 1 aliphatic heterocycles. The molecule has 6 atom stereocenters. The fraction of sp³-hybridized carbons (Fsp3) is 0.625. The van der Waals surface area contributed by atoms with Gasteiger partial charge in [-0.15, -0.1) is 0 Å². The molecule has 0 radical (unpaired) electrons. The van der Waals surface area contributed by atoms with Gasteiger partial charge in [0.1, 0.15) is 30.5 Å². The number of hydrogen-bond donors (Lipinski definition) is 5. The number of allylic oxidation sites excluding steroid dienone is 1. The molecular formula is C24H36N2O8S. The van der Waals surface area contributed by atoms with Gasteiger partial charge >= 0.3 is 5.97 Å². The number of carbonyl (C=O) groups is 3. The highest BCUT2D eigenvalue weighted by Gasteiger charge is 2.37. The molecule has 11 heteroatoms. The van der Waals surface area contributed by atoms with Gasteiger partial charge in [-0.2, -0.15) is 11.3 Å². The first-order valence-electron chi connectivity index (χ1n) is 11.5. The minimum Gasteiger partial charge on any atom is -0.460 e. The van der Waals surface area contributed by atoms with Crippen LogP contribution in [0.4, 0.5) is 0 Å². The molecule has 196 valence electrons. The van der Waals surface area contributed by atoms with E-state index in [-0.39, 0.29) is 24.8 Å². The second-order valence-corrected chi connectivity index (χ2v) is 10.4. The average molecular weight is 513 g/mol. The fourth-order valence-corrected chi connectivity index (χ4v) is 4.16. The van der Waals surface area contributed by atoms with E-state index in [0.717, 1.165) is 5.56 Å². The van der Waals surface area contributed by atoms with E-state index in [1.54, 1.807) is 6.08 Å². The Labute approximate surface area is 209 Å². The standard InChI is InChI=1S/C24H36N2O8S/c1-24(2,3)9-7-17(27)19(29)20(30)21(33-4)23(32)26-16-6-5-15(12-25-22(16)31)34-18(28)11-14-8-10-35-13-14/h7-10,13,15-17,19-21,27,29-30H,5-6,11-12H2,1-4H3,(H,25,31)(H,26,32)/b9-7+. The van der Waals surface area contributed by atoms with Crippen molar-refractivity contribution in [2.24, 2.45) is 5.41 Å². The van der Waals surface area contributed by atoms with Crippen molar-refractivity contribution in [2.45, 2.75) is 76.6 Å². The summed E-state index contributed by atoms with van der Waals surface area (Å²) in [6.45, 7) is 5.81. The molecule has 0 bridgehead atoms. The van der Waals surface area contributed by atoms with E-state index in [1.165, 1.54) is 24.5 Å². The number of methoxy groups -OCH3 is 1. The maximum absolute atomic E-state index is 12.8. The lowest BCUT2D eigenvalue weighted by Crippen LogP contribution is -2.55. The van der Waals surface area contributed by atoms with Crippen molar-refractivity contribution in [3.63, 3.8) is 0 Å². The summed E-state index contributed by atoms with van der Waals surface area (Å²) in [5.74, 6) is -1.69. The summed E-state index contributed by atoms with van der Waals surface area (Å²) in [5.41, 5.74) is 0.597. The first-order valence-corrected chi connectivity index (χ1v) is 12.4. The van der Waals surface area contributed by atoms with E-state index in [4.69, 9.17) is 9.47 Å². The normalized spacial score (nSPS) is 22.5. The monoisotopic (exact) mass is 512 g/mol. The quantitative estimate of drug-likeness (QED) is 0.221. The van der Waals surface area contributed by atoms with Crippen LogP contribution in [0.1, 0.15) is 39.2 Å². The van der Waals surface area contributed by atoms with Crippen molar-refractivity contribution in [3.05, 3.63) is 34.5 Å². The van der Waals surface area contributed by atoms with Crippen LogP contribution in [0.5, 0.6) is 0 Å². The Bertz CT molecular complexity index is 867. The molecule has 0 spiro atoms. The Hall–Kier alpha value is -2.31. The first kappa shape index (κ1) is 28.9. The maximum Gasteiger partial charge on any atom is 0.310 e. The van der Waals surface area contributed by atoms with Crippen molar-refractivity contribution in [2.75, 3.05) is 13.7 Å². The van der Waals surface area contributed by atoms with E-state index in [9.17, 15) is 29.7 Å². The van der Waals surface area contributed by atoms with Crippen molar-refractivity contribution in [3.8, 4) is 0 Å². The Balaban J connectivity index is 1.92. The van der Waals surface area contributed by atoms with Crippen molar-refractivity contribution < 1.29 is 39.2 Å². The molecule has 6 unspecified atom stereocenters. The lowest BCUT2D eigenvalue weighted by molar-refractivity contribution is -0.151. The van der Waals surface area contributed by atoms with E-state index < -0.39 is 54.3 Å². The number of amides is 2. The molecule has 1 aromatic heterocycles. The zero-order valence-corrected chi connectivity index (χ0v) is 21.3. The second-order valence-electron chi connectivity index (χ2n) is 9.66. The van der Waals surface area contributed by atoms with Gasteiger partial charge in [0.25, 0.3) is 5.91 Å². The number of nitrogens with one attached hydrogen (secondary N) is 2. The van der Waals surface area contributed by atoms with Gasteiger partial charge in [0.15, 0.2) is 6.10 Å². The number of esters is 1. The average Bonchev–Trinajstić information content (AvgIpc) is 3.23. The molecule has 0 aliphatic carbocycles. The number of ether oxygens (including phenoxy) is 2. The van der Waals surface area contributed by atoms with Gasteiger partial charge in [0.05, 0.1) is 13.0 Å². The lowest BCUT2D eigenvalue weighted by Gasteiger charge is -2.28. The lowest BCUT2D eigenvalue weighted by atomic mass is 9.94. The van der Waals surface area contributed by atoms with Crippen LogP contribution in [0.3, 0.4) is 0 Å². The summed E-state index contributed by atoms with van der Waals surface area (Å²) in [6, 6.07) is 0.889. The van der Waals surface area contributed by atoms with Crippen molar-refractivity contribution in [1.29, 1.82) is 0 Å². The number of rotatable bonds is 10. The molecule has 0 saturated carbocycles. The second kappa shape index (κ2) is 13.1. The van der Waals surface area contributed by atoms with Crippen LogP contribution in [0.2, 0.25) is 0 Å². The topological polar surface area (TPSA) is 154 Å². The summed E-state index contributed by atoms with van der Waals surface area (Å²) in [7, 11) is 1.17. The molecule has 2 amide bonds. The van der Waals surface area contributed by atoms with Gasteiger partial charge in [-0.25, -0.2) is 0 Å². The molecular weight excluding hydrogens is 476 g/mol. The maximum atomic E-state index is 12.8. The first-order chi connectivity index (χ1) is 16.4. The third kappa shape index (κ3) is 9.34. The van der Waals surface area contributed by atoms with Gasteiger partial charge in [0.2, 0.25) is 5.91 Å². The largest absolute Gasteiger partial charge is 0.460 e. The number of aliphatic hydroxyl groups is 3. The molecule has 2 heterocycles. The van der Waals surface area contributed by atoms with Crippen LogP contribution in [-0.4, -0.2) is 83.3 Å². The predicted molar refractivity (Wildman–Crippen MR) is 129 cm³/mol. The van der Waals surface area contributed by atoms with Gasteiger partial charge in [0, 0.05) is 7.11 Å². The van der Waals surface area contributed by atoms with E-state index in [0.29, 0.717) is 6.42 Å². The molecule has 0 aromatic carbocycles. The van der Waals surface area contributed by atoms with E-state index in [1.807, 2.05) is 37.6 Å². The summed E-state index contributed by atoms with van der Waals surface area (Å²) in [4.78, 5) is 37.4. The minimum atomic E-state index is -1.75. The molecule has 2 rings (SSSR count). The van der Waals surface area contributed by atoms with Crippen LogP contribution >= 0.6 is 11.3 Å². The van der Waals surface area contributed by atoms with E-state index >= 15 is 0 Å². The summed E-state index contributed by atoms with van der Waals surface area (Å²) >= 11 is 1.48. The SMILES string of the molecule is COC(C(=O)NC1CCC(OC(=O)Cc2ccsc2)CNC1=O)C(O)C(O)C(O)/C=C/C(C)(C)C. The van der Waals surface area contributed by atoms with Gasteiger partial charge in [-0.3, -0.25) is 14.4 Å². The van der Waals surface area contributed by atoms with Crippen LogP contribution < -0.4 is 10.6 Å². The van der Waals surface area contributed by atoms with Crippen LogP contribution in [0.15, 0.2) is 29.0 Å². The smallest absolute Gasteiger partial charge is 0.310 e. The van der Waals surface area contributed by atoms with Gasteiger partial charge in [-0.05, 0) is 40.6 Å². The van der Waals surface area contributed by atoms with Crippen molar-refractivity contribution >= 4 is 29.1 Å². The summed E-state index contributed by atoms with van der Waals surface area (Å²) in [6.07, 6.45) is -3.26. The highest BCUT2D eigenvalue weighted by molar-refractivity contribution is 7.08. The predicted octanol–water partition coefficient (Wildman–Crippen LogP) is 0.297. The molecule has 5 N–H and O–H groups in total. The number of carbonyl (C=O) groups excluding carboxylic acids is 3. The van der Waals surface area contributed by atoms with Crippen LogP contribution in [0, 0.1) is 5.41 Å². The van der Waals surface area contributed by atoms with Gasteiger partial charge in [-0.1, -0.05) is 32.9 Å². The molecule has 1 saturated heterocycles. The fourth-order valence-electron chi connectivity index (χ4n) is 3.49. The molecule has 10 nitrogen and oxygen atoms in total. The Kier molecular flexibility index (Phi) is 10.8. The molecule has 1 aliphatic rings. The third-order valence-electron chi connectivity index (χ3n) is 5.46. The van der Waals surface area contributed by atoms with Crippen LogP contribution in [-0.2, 0) is 30.3 Å². The molecule has 35 heavy (non-hydrogen) atoms. The summed E-state index contributed by atoms with van der Waals surface area (Å²) in [5, 5.41) is 39.8. The van der Waals surface area contributed by atoms with E-state index in [2.05, 4.69) is 10.6 Å². The molecule has 1 fully saturated rings. The van der Waals surface area contributed by atoms with Crippen molar-refractivity contribution in [1.82, 2.24) is 10.6 Å². The number of aliphatic hydroxyl groups excluding tert-OH is 3.